The van der Waals surface area contributed by atoms with Crippen molar-refractivity contribution in [3.63, 3.8) is 0 Å². The molecule has 0 atom stereocenters. The molecule has 0 saturated carbocycles. The van der Waals surface area contributed by atoms with Crippen molar-refractivity contribution in [3.8, 4) is 22.9 Å². The van der Waals surface area contributed by atoms with Crippen molar-refractivity contribution >= 4 is 22.6 Å². The molecule has 1 amide bonds. The van der Waals surface area contributed by atoms with Gasteiger partial charge < -0.3 is 10.1 Å². The van der Waals surface area contributed by atoms with Gasteiger partial charge in [0.25, 0.3) is 0 Å². The number of aryl methyl sites for hydroxylation is 1. The van der Waals surface area contributed by atoms with Gasteiger partial charge in [-0.15, -0.1) is 0 Å². The Balaban J connectivity index is 1.54. The summed E-state index contributed by atoms with van der Waals surface area (Å²) in [4.78, 5) is 29.6. The van der Waals surface area contributed by atoms with Crippen molar-refractivity contribution in [3.05, 3.63) is 120 Å². The normalized spacial score (nSPS) is 10.8. The first-order chi connectivity index (χ1) is 17.4. The third kappa shape index (κ3) is 4.27. The summed E-state index contributed by atoms with van der Waals surface area (Å²) in [5.74, 6) is 0.195. The van der Waals surface area contributed by atoms with E-state index in [2.05, 4.69) is 16.9 Å². The van der Waals surface area contributed by atoms with Crippen LogP contribution in [0.4, 0.5) is 10.1 Å². The summed E-state index contributed by atoms with van der Waals surface area (Å²) in [5.41, 5.74) is 3.21. The molecule has 5 aromatic rings. The van der Waals surface area contributed by atoms with Crippen LogP contribution < -0.4 is 15.7 Å². The SMILES string of the molecule is C=CC(=O)Nc1cccc(-n2c(=O)n(-c3ccc(Oc4ccc(C)c(F)c4)cc3)c3cnccc32)c1. The van der Waals surface area contributed by atoms with Gasteiger partial charge in [0.15, 0.2) is 0 Å². The number of pyridine rings is 1. The Labute approximate surface area is 205 Å². The summed E-state index contributed by atoms with van der Waals surface area (Å²) in [6.07, 6.45) is 4.42. The second-order valence-corrected chi connectivity index (χ2v) is 8.07. The summed E-state index contributed by atoms with van der Waals surface area (Å²) >= 11 is 0. The van der Waals surface area contributed by atoms with E-state index in [1.54, 1.807) is 95.2 Å². The Kier molecular flexibility index (Phi) is 5.92. The predicted octanol–water partition coefficient (Wildman–Crippen LogP) is 5.54. The Bertz CT molecular complexity index is 1670. The number of benzene rings is 3. The number of carbonyl (C=O) groups excluding carboxylic acids is 1. The largest absolute Gasteiger partial charge is 0.457 e. The third-order valence-corrected chi connectivity index (χ3v) is 5.67. The lowest BCUT2D eigenvalue weighted by Gasteiger charge is -2.08. The van der Waals surface area contributed by atoms with Gasteiger partial charge in [0.05, 0.1) is 28.6 Å². The average molecular weight is 480 g/mol. The monoisotopic (exact) mass is 480 g/mol. The molecule has 3 aromatic carbocycles. The fourth-order valence-corrected chi connectivity index (χ4v) is 3.90. The molecular formula is C28H21FN4O3. The Morgan fingerprint density at radius 3 is 2.47 bits per heavy atom. The second kappa shape index (κ2) is 9.34. The molecule has 0 aliphatic heterocycles. The number of carbonyl (C=O) groups is 1. The second-order valence-electron chi connectivity index (χ2n) is 8.07. The van der Waals surface area contributed by atoms with E-state index in [9.17, 15) is 14.0 Å². The van der Waals surface area contributed by atoms with Gasteiger partial charge in [-0.25, -0.2) is 9.18 Å². The zero-order chi connectivity index (χ0) is 25.2. The van der Waals surface area contributed by atoms with E-state index in [0.29, 0.717) is 45.2 Å². The number of anilines is 1. The van der Waals surface area contributed by atoms with E-state index >= 15 is 0 Å². The first-order valence-electron chi connectivity index (χ1n) is 11.1. The van der Waals surface area contributed by atoms with Crippen LogP contribution in [0.15, 0.2) is 103 Å². The summed E-state index contributed by atoms with van der Waals surface area (Å²) in [6.45, 7) is 5.15. The molecule has 178 valence electrons. The van der Waals surface area contributed by atoms with Crippen molar-refractivity contribution < 1.29 is 13.9 Å². The van der Waals surface area contributed by atoms with Crippen LogP contribution in [0.5, 0.6) is 11.5 Å². The predicted molar refractivity (Wildman–Crippen MR) is 137 cm³/mol. The number of fused-ring (bicyclic) bond motifs is 1. The van der Waals surface area contributed by atoms with Gasteiger partial charge in [0.1, 0.15) is 17.3 Å². The third-order valence-electron chi connectivity index (χ3n) is 5.67. The molecular weight excluding hydrogens is 459 g/mol. The van der Waals surface area contributed by atoms with Gasteiger partial charge in [-0.3, -0.25) is 18.9 Å². The van der Waals surface area contributed by atoms with E-state index in [1.165, 1.54) is 12.1 Å². The van der Waals surface area contributed by atoms with Crippen molar-refractivity contribution in [2.45, 2.75) is 6.92 Å². The highest BCUT2D eigenvalue weighted by atomic mass is 19.1. The van der Waals surface area contributed by atoms with Crippen LogP contribution in [-0.4, -0.2) is 20.0 Å². The maximum atomic E-state index is 13.9. The first kappa shape index (κ1) is 22.8. The van der Waals surface area contributed by atoms with E-state index in [4.69, 9.17) is 4.74 Å². The molecule has 0 aliphatic carbocycles. The van der Waals surface area contributed by atoms with E-state index in [1.807, 2.05) is 0 Å². The quantitative estimate of drug-likeness (QED) is 0.324. The molecule has 0 bridgehead atoms. The van der Waals surface area contributed by atoms with Crippen molar-refractivity contribution in [1.82, 2.24) is 14.1 Å². The molecule has 0 unspecified atom stereocenters. The highest BCUT2D eigenvalue weighted by Gasteiger charge is 2.17. The lowest BCUT2D eigenvalue weighted by atomic mass is 10.2. The van der Waals surface area contributed by atoms with Crippen LogP contribution in [0.2, 0.25) is 0 Å². The number of rotatable bonds is 6. The highest BCUT2D eigenvalue weighted by molar-refractivity contribution is 5.99. The summed E-state index contributed by atoms with van der Waals surface area (Å²) < 4.78 is 22.7. The highest BCUT2D eigenvalue weighted by Crippen LogP contribution is 2.26. The maximum absolute atomic E-state index is 13.9. The fourth-order valence-electron chi connectivity index (χ4n) is 3.90. The number of nitrogens with zero attached hydrogens (tertiary/aromatic N) is 3. The molecule has 8 heteroatoms. The molecule has 0 fully saturated rings. The van der Waals surface area contributed by atoms with E-state index in [0.717, 1.165) is 0 Å². The number of aromatic nitrogens is 3. The molecule has 2 heterocycles. The molecule has 0 spiro atoms. The minimum Gasteiger partial charge on any atom is -0.457 e. The Morgan fingerprint density at radius 1 is 0.972 bits per heavy atom. The van der Waals surface area contributed by atoms with Crippen molar-refractivity contribution in [2.75, 3.05) is 5.32 Å². The molecule has 0 saturated heterocycles. The standard InChI is InChI=1S/C28H21FN4O3/c1-3-27(34)31-19-5-4-6-21(15-19)33-25-13-14-30-17-26(25)32(28(33)35)20-8-11-22(12-9-20)36-23-10-7-18(2)24(29)16-23/h3-17H,1H2,2H3,(H,31,34). The smallest absolute Gasteiger partial charge is 0.338 e. The van der Waals surface area contributed by atoms with Gasteiger partial charge in [-0.2, -0.15) is 0 Å². The minimum absolute atomic E-state index is 0.306. The van der Waals surface area contributed by atoms with Crippen molar-refractivity contribution in [1.29, 1.82) is 0 Å². The van der Waals surface area contributed by atoms with Crippen LogP contribution in [0.1, 0.15) is 5.56 Å². The molecule has 5 rings (SSSR count). The molecule has 2 aromatic heterocycles. The fraction of sp³-hybridized carbons (Fsp3) is 0.0357. The van der Waals surface area contributed by atoms with Crippen LogP contribution in [-0.2, 0) is 4.79 Å². The van der Waals surface area contributed by atoms with Crippen LogP contribution >= 0.6 is 0 Å². The number of amides is 1. The van der Waals surface area contributed by atoms with Gasteiger partial charge in [-0.1, -0.05) is 18.7 Å². The van der Waals surface area contributed by atoms with Crippen LogP contribution in [0.3, 0.4) is 0 Å². The van der Waals surface area contributed by atoms with Crippen molar-refractivity contribution in [2.24, 2.45) is 0 Å². The Morgan fingerprint density at radius 2 is 1.72 bits per heavy atom. The zero-order valence-corrected chi connectivity index (χ0v) is 19.3. The molecule has 0 aliphatic rings. The number of halogens is 1. The van der Waals surface area contributed by atoms with Gasteiger partial charge in [-0.05, 0) is 73.2 Å². The zero-order valence-electron chi connectivity index (χ0n) is 19.3. The number of ether oxygens (including phenoxy) is 1. The Hall–Kier alpha value is -4.98. The van der Waals surface area contributed by atoms with Gasteiger partial charge >= 0.3 is 5.69 Å². The number of hydrogen-bond donors (Lipinski definition) is 1. The minimum atomic E-state index is -0.346. The molecule has 1 N–H and O–H groups in total. The topological polar surface area (TPSA) is 78.2 Å². The lowest BCUT2D eigenvalue weighted by molar-refractivity contribution is -0.111. The first-order valence-corrected chi connectivity index (χ1v) is 11.1. The summed E-state index contributed by atoms with van der Waals surface area (Å²) in [6, 6.07) is 20.3. The lowest BCUT2D eigenvalue weighted by Crippen LogP contribution is -2.22. The number of imidazole rings is 1. The van der Waals surface area contributed by atoms with E-state index < -0.39 is 0 Å². The molecule has 7 nitrogen and oxygen atoms in total. The summed E-state index contributed by atoms with van der Waals surface area (Å²) in [7, 11) is 0. The average Bonchev–Trinajstić information content (AvgIpc) is 3.18. The summed E-state index contributed by atoms with van der Waals surface area (Å²) in [5, 5.41) is 2.71. The van der Waals surface area contributed by atoms with Crippen LogP contribution in [0, 0.1) is 12.7 Å². The van der Waals surface area contributed by atoms with Crippen LogP contribution in [0.25, 0.3) is 22.4 Å². The number of nitrogens with one attached hydrogen (secondary N) is 1. The molecule has 0 radical (unpaired) electrons. The molecule has 36 heavy (non-hydrogen) atoms. The van der Waals surface area contributed by atoms with E-state index in [-0.39, 0.29) is 17.4 Å². The van der Waals surface area contributed by atoms with Gasteiger partial charge in [0.2, 0.25) is 5.91 Å². The number of hydrogen-bond acceptors (Lipinski definition) is 4. The van der Waals surface area contributed by atoms with Gasteiger partial charge in [0, 0.05) is 18.0 Å². The maximum Gasteiger partial charge on any atom is 0.338 e.